The second-order valence-electron chi connectivity index (χ2n) is 7.78. The number of H-pyrrole nitrogens is 1. The van der Waals surface area contributed by atoms with E-state index in [1.165, 1.54) is 5.69 Å². The minimum Gasteiger partial charge on any atom is -0.506 e. The van der Waals surface area contributed by atoms with E-state index < -0.39 is 22.8 Å². The van der Waals surface area contributed by atoms with Crippen LogP contribution in [0.25, 0.3) is 22.2 Å². The summed E-state index contributed by atoms with van der Waals surface area (Å²) in [6, 6.07) is 6.34. The fourth-order valence-electron chi connectivity index (χ4n) is 4.22. The number of fused-ring (bicyclic) bond motifs is 4. The Bertz CT molecular complexity index is 1190. The summed E-state index contributed by atoms with van der Waals surface area (Å²) in [5.41, 5.74) is 3.94. The molecule has 2 aromatic heterocycles. The van der Waals surface area contributed by atoms with Crippen molar-refractivity contribution in [3.63, 3.8) is 0 Å². The Hall–Kier alpha value is -3.06. The summed E-state index contributed by atoms with van der Waals surface area (Å²) in [5, 5.41) is 20.9. The molecule has 2 heterocycles. The number of nitrogens with one attached hydrogen (secondary N) is 1. The van der Waals surface area contributed by atoms with E-state index in [1.807, 2.05) is 6.07 Å². The third kappa shape index (κ3) is 3.11. The molecule has 0 saturated carbocycles. The lowest BCUT2D eigenvalue weighted by Crippen LogP contribution is -2.20. The number of carboxylic acids is 1. The van der Waals surface area contributed by atoms with Gasteiger partial charge in [-0.25, -0.2) is 4.79 Å². The molecule has 1 aliphatic rings. The molecule has 0 spiro atoms. The van der Waals surface area contributed by atoms with E-state index in [9.17, 15) is 19.8 Å². The van der Waals surface area contributed by atoms with E-state index >= 15 is 0 Å². The van der Waals surface area contributed by atoms with Crippen molar-refractivity contribution >= 4 is 16.9 Å². The largest absolute Gasteiger partial charge is 0.506 e. The quantitative estimate of drug-likeness (QED) is 0.631. The molecule has 29 heavy (non-hydrogen) atoms. The maximum atomic E-state index is 12.3. The average Bonchev–Trinajstić information content (AvgIpc) is 2.85. The topological polar surface area (TPSA) is 98.6 Å². The SMILES string of the molecule is CCN(C)Cc1cc2cc3c(cc2n1C)CCCc1c-3[nH]c(=O)c(C(=O)O)c1O. The Morgan fingerprint density at radius 1 is 1.28 bits per heavy atom. The maximum Gasteiger partial charge on any atom is 0.345 e. The highest BCUT2D eigenvalue weighted by molar-refractivity contribution is 5.93. The van der Waals surface area contributed by atoms with Crippen LogP contribution in [-0.4, -0.2) is 44.2 Å². The Balaban J connectivity index is 1.94. The third-order valence-corrected chi connectivity index (χ3v) is 5.98. The molecule has 3 N–H and O–H groups in total. The van der Waals surface area contributed by atoms with Gasteiger partial charge in [-0.1, -0.05) is 6.92 Å². The lowest BCUT2D eigenvalue weighted by molar-refractivity contribution is 0.0691. The molecule has 0 aliphatic heterocycles. The Labute approximate surface area is 168 Å². The number of pyridine rings is 1. The van der Waals surface area contributed by atoms with Crippen molar-refractivity contribution in [1.82, 2.24) is 14.5 Å². The van der Waals surface area contributed by atoms with E-state index in [0.717, 1.165) is 48.0 Å². The number of hydrogen-bond acceptors (Lipinski definition) is 4. The predicted molar refractivity (Wildman–Crippen MR) is 112 cm³/mol. The molecule has 0 saturated heterocycles. The van der Waals surface area contributed by atoms with E-state index in [0.29, 0.717) is 17.7 Å². The number of aryl methyl sites for hydroxylation is 2. The number of aromatic amines is 1. The first-order valence-corrected chi connectivity index (χ1v) is 9.83. The van der Waals surface area contributed by atoms with Gasteiger partial charge in [0.25, 0.3) is 5.56 Å². The predicted octanol–water partition coefficient (Wildman–Crippen LogP) is 2.88. The van der Waals surface area contributed by atoms with Gasteiger partial charge in [0, 0.05) is 41.3 Å². The molecule has 1 aromatic carbocycles. The molecular weight excluding hydrogens is 370 g/mol. The van der Waals surface area contributed by atoms with Crippen molar-refractivity contribution in [2.75, 3.05) is 13.6 Å². The Morgan fingerprint density at radius 3 is 2.72 bits per heavy atom. The smallest absolute Gasteiger partial charge is 0.345 e. The first kappa shape index (κ1) is 19.3. The van der Waals surface area contributed by atoms with Crippen molar-refractivity contribution in [3.05, 3.63) is 50.9 Å². The van der Waals surface area contributed by atoms with Gasteiger partial charge >= 0.3 is 5.97 Å². The molecule has 0 unspecified atom stereocenters. The van der Waals surface area contributed by atoms with Crippen LogP contribution in [0, 0.1) is 0 Å². The molecule has 7 heteroatoms. The molecule has 1 aliphatic carbocycles. The van der Waals surface area contributed by atoms with Gasteiger partial charge in [-0.05, 0) is 56.6 Å². The highest BCUT2D eigenvalue weighted by Crippen LogP contribution is 2.38. The van der Waals surface area contributed by atoms with Crippen LogP contribution in [0.1, 0.15) is 40.5 Å². The van der Waals surface area contributed by atoms with Crippen LogP contribution in [0.5, 0.6) is 5.75 Å². The number of aromatic hydroxyl groups is 1. The minimum atomic E-state index is -1.42. The maximum absolute atomic E-state index is 12.3. The normalized spacial score (nSPS) is 13.4. The highest BCUT2D eigenvalue weighted by Gasteiger charge is 2.26. The number of hydrogen-bond donors (Lipinski definition) is 3. The molecule has 0 bridgehead atoms. The molecular formula is C22H25N3O4. The standard InChI is InChI=1S/C22H25N3O4/c1-4-24(2)11-14-8-13-9-16-12(10-17(13)25(14)3)6-5-7-15-19(16)23-21(27)18(20(15)26)22(28)29/h8-10H,4-7,11H2,1-3H3,(H,28,29)(H2,23,26,27). The number of aromatic nitrogens is 2. The van der Waals surface area contributed by atoms with Crippen molar-refractivity contribution < 1.29 is 15.0 Å². The first-order chi connectivity index (χ1) is 13.8. The molecule has 4 rings (SSSR count). The summed E-state index contributed by atoms with van der Waals surface area (Å²) < 4.78 is 2.20. The summed E-state index contributed by atoms with van der Waals surface area (Å²) in [4.78, 5) is 28.7. The van der Waals surface area contributed by atoms with Crippen LogP contribution in [0.2, 0.25) is 0 Å². The zero-order valence-corrected chi connectivity index (χ0v) is 16.9. The zero-order chi connectivity index (χ0) is 20.9. The summed E-state index contributed by atoms with van der Waals surface area (Å²) in [6.45, 7) is 3.91. The molecule has 3 aromatic rings. The zero-order valence-electron chi connectivity index (χ0n) is 16.9. The summed E-state index contributed by atoms with van der Waals surface area (Å²) >= 11 is 0. The van der Waals surface area contributed by atoms with E-state index in [4.69, 9.17) is 0 Å². The fourth-order valence-corrected chi connectivity index (χ4v) is 4.22. The second kappa shape index (κ2) is 7.08. The van der Waals surface area contributed by atoms with Gasteiger partial charge in [-0.2, -0.15) is 0 Å². The van der Waals surface area contributed by atoms with Crippen LogP contribution in [-0.2, 0) is 26.4 Å². The second-order valence-corrected chi connectivity index (χ2v) is 7.78. The van der Waals surface area contributed by atoms with Crippen molar-refractivity contribution in [3.8, 4) is 17.0 Å². The van der Waals surface area contributed by atoms with E-state index in [2.05, 4.69) is 47.6 Å². The van der Waals surface area contributed by atoms with Gasteiger partial charge in [0.05, 0.1) is 5.69 Å². The third-order valence-electron chi connectivity index (χ3n) is 5.98. The molecule has 152 valence electrons. The van der Waals surface area contributed by atoms with Crippen molar-refractivity contribution in [2.24, 2.45) is 7.05 Å². The van der Waals surface area contributed by atoms with Crippen LogP contribution >= 0.6 is 0 Å². The number of rotatable bonds is 4. The van der Waals surface area contributed by atoms with E-state index in [1.54, 1.807) is 0 Å². The monoisotopic (exact) mass is 395 g/mol. The van der Waals surface area contributed by atoms with Gasteiger partial charge < -0.3 is 24.7 Å². The van der Waals surface area contributed by atoms with Gasteiger partial charge in [-0.15, -0.1) is 0 Å². The van der Waals surface area contributed by atoms with Gasteiger partial charge in [0.2, 0.25) is 0 Å². The van der Waals surface area contributed by atoms with Crippen LogP contribution in [0.15, 0.2) is 23.0 Å². The van der Waals surface area contributed by atoms with Gasteiger partial charge in [0.15, 0.2) is 5.56 Å². The number of carbonyl (C=O) groups is 1. The first-order valence-electron chi connectivity index (χ1n) is 9.83. The fraction of sp³-hybridized carbons (Fsp3) is 0.364. The Morgan fingerprint density at radius 2 is 2.03 bits per heavy atom. The summed E-state index contributed by atoms with van der Waals surface area (Å²) in [7, 11) is 4.14. The number of aromatic carboxylic acids is 1. The lowest BCUT2D eigenvalue weighted by atomic mass is 9.98. The molecule has 0 fully saturated rings. The Kier molecular flexibility index (Phi) is 4.70. The molecule has 0 atom stereocenters. The highest BCUT2D eigenvalue weighted by atomic mass is 16.4. The van der Waals surface area contributed by atoms with Crippen molar-refractivity contribution in [1.29, 1.82) is 0 Å². The van der Waals surface area contributed by atoms with Crippen LogP contribution in [0.4, 0.5) is 0 Å². The molecule has 0 radical (unpaired) electrons. The van der Waals surface area contributed by atoms with Crippen LogP contribution in [0.3, 0.4) is 0 Å². The van der Waals surface area contributed by atoms with Crippen LogP contribution < -0.4 is 5.56 Å². The average molecular weight is 395 g/mol. The van der Waals surface area contributed by atoms with Crippen molar-refractivity contribution in [2.45, 2.75) is 32.7 Å². The summed E-state index contributed by atoms with van der Waals surface area (Å²) in [6.07, 6.45) is 2.06. The number of benzene rings is 1. The molecule has 0 amide bonds. The lowest BCUT2D eigenvalue weighted by Gasteiger charge is -2.14. The number of carboxylic acid groups (broad SMARTS) is 1. The summed E-state index contributed by atoms with van der Waals surface area (Å²) in [5.74, 6) is -1.83. The van der Waals surface area contributed by atoms with E-state index in [-0.39, 0.29) is 0 Å². The van der Waals surface area contributed by atoms with Gasteiger partial charge in [-0.3, -0.25) is 4.79 Å². The minimum absolute atomic E-state index is 0.414. The molecule has 7 nitrogen and oxygen atoms in total. The van der Waals surface area contributed by atoms with Gasteiger partial charge in [0.1, 0.15) is 5.75 Å². The number of nitrogens with zero attached hydrogens (tertiary/aromatic N) is 2.